The highest BCUT2D eigenvalue weighted by Crippen LogP contribution is 2.42. The van der Waals surface area contributed by atoms with Crippen molar-refractivity contribution >= 4 is 35.8 Å². The molecule has 2 heterocycles. The quantitative estimate of drug-likeness (QED) is 0.0772. The van der Waals surface area contributed by atoms with Crippen LogP contribution in [0.5, 0.6) is 0 Å². The van der Waals surface area contributed by atoms with E-state index in [2.05, 4.69) is 0 Å². The Kier molecular flexibility index (Phi) is 17.3. The number of rotatable bonds is 19. The van der Waals surface area contributed by atoms with E-state index < -0.39 is 58.2 Å². The summed E-state index contributed by atoms with van der Waals surface area (Å²) in [4.78, 5) is 86.2. The lowest BCUT2D eigenvalue weighted by molar-refractivity contribution is -0.310. The first kappa shape index (κ1) is 46.8. The van der Waals surface area contributed by atoms with Gasteiger partial charge >= 0.3 is 35.8 Å². The SMILES string of the molecule is COC(=O)C(ON1C(C)(C)CC(OC(=O)CCCCCCCCC(=O)OC2CC(C)(C)N(OC(C(=O)OC)C(=O)OC)C(C)(C)C2)CC1(C)C)C(=O)OC. The molecule has 0 radical (unpaired) electrons. The molecule has 2 rings (SSSR count). The first-order valence-corrected chi connectivity index (χ1v) is 18.7. The first-order chi connectivity index (χ1) is 25.0. The fourth-order valence-corrected chi connectivity index (χ4v) is 7.82. The van der Waals surface area contributed by atoms with Crippen molar-refractivity contribution in [3.63, 3.8) is 0 Å². The van der Waals surface area contributed by atoms with Gasteiger partial charge in [-0.15, -0.1) is 0 Å². The summed E-state index contributed by atoms with van der Waals surface area (Å²) >= 11 is 0. The number of hydroxylamine groups is 4. The highest BCUT2D eigenvalue weighted by molar-refractivity contribution is 5.98. The van der Waals surface area contributed by atoms with Gasteiger partial charge in [-0.1, -0.05) is 25.7 Å². The molecule has 2 fully saturated rings. The zero-order chi connectivity index (χ0) is 41.1. The highest BCUT2D eigenvalue weighted by Gasteiger charge is 2.52. The average Bonchev–Trinajstić information content (AvgIpc) is 3.06. The van der Waals surface area contributed by atoms with E-state index in [1.54, 1.807) is 10.1 Å². The van der Waals surface area contributed by atoms with Crippen molar-refractivity contribution in [3.05, 3.63) is 0 Å². The minimum absolute atomic E-state index is 0.277. The molecule has 0 aromatic carbocycles. The van der Waals surface area contributed by atoms with E-state index in [9.17, 15) is 28.8 Å². The number of carbonyl (C=O) groups excluding carboxylic acids is 6. The molecule has 0 spiro atoms. The second-order valence-electron chi connectivity index (χ2n) is 16.6. The van der Waals surface area contributed by atoms with Crippen molar-refractivity contribution in [2.45, 2.75) is 179 Å². The van der Waals surface area contributed by atoms with Gasteiger partial charge in [-0.2, -0.15) is 10.1 Å². The third-order valence-corrected chi connectivity index (χ3v) is 9.80. The maximum Gasteiger partial charge on any atom is 0.348 e. The van der Waals surface area contributed by atoms with Crippen molar-refractivity contribution in [3.8, 4) is 0 Å². The van der Waals surface area contributed by atoms with Gasteiger partial charge in [-0.05, 0) is 68.2 Å². The zero-order valence-electron chi connectivity index (χ0n) is 34.4. The fraction of sp³-hybridized carbons (Fsp3) is 0.842. The van der Waals surface area contributed by atoms with Crippen LogP contribution >= 0.6 is 0 Å². The summed E-state index contributed by atoms with van der Waals surface area (Å²) in [5.74, 6) is -4.03. The van der Waals surface area contributed by atoms with Crippen LogP contribution in [-0.4, -0.2) is 121 Å². The van der Waals surface area contributed by atoms with Crippen molar-refractivity contribution in [2.75, 3.05) is 28.4 Å². The van der Waals surface area contributed by atoms with Crippen molar-refractivity contribution in [1.29, 1.82) is 0 Å². The number of methoxy groups -OCH3 is 4. The summed E-state index contributed by atoms with van der Waals surface area (Å²) in [6.45, 7) is 15.1. The third-order valence-electron chi connectivity index (χ3n) is 9.80. The van der Waals surface area contributed by atoms with E-state index in [1.807, 2.05) is 55.4 Å². The highest BCUT2D eigenvalue weighted by atomic mass is 16.7. The molecule has 2 aliphatic heterocycles. The van der Waals surface area contributed by atoms with Gasteiger partial charge in [0, 0.05) is 60.7 Å². The Hall–Kier alpha value is -3.34. The average molecular weight is 773 g/mol. The molecule has 16 nitrogen and oxygen atoms in total. The van der Waals surface area contributed by atoms with Crippen LogP contribution in [0, 0.1) is 0 Å². The molecule has 0 bridgehead atoms. The maximum absolute atomic E-state index is 12.8. The molecule has 0 aromatic heterocycles. The lowest BCUT2D eigenvalue weighted by Crippen LogP contribution is -2.64. The van der Waals surface area contributed by atoms with Gasteiger partial charge < -0.3 is 28.4 Å². The maximum atomic E-state index is 12.8. The predicted octanol–water partition coefficient (Wildman–Crippen LogP) is 4.53. The topological polar surface area (TPSA) is 183 Å². The molecular formula is C38H64N2O14. The zero-order valence-corrected chi connectivity index (χ0v) is 34.4. The van der Waals surface area contributed by atoms with Gasteiger partial charge in [0.1, 0.15) is 12.2 Å². The van der Waals surface area contributed by atoms with Crippen LogP contribution in [0.1, 0.15) is 132 Å². The lowest BCUT2D eigenvalue weighted by atomic mass is 9.80. The lowest BCUT2D eigenvalue weighted by Gasteiger charge is -2.53. The Morgan fingerprint density at radius 1 is 0.463 bits per heavy atom. The van der Waals surface area contributed by atoms with Crippen molar-refractivity contribution < 1.29 is 66.9 Å². The number of ether oxygens (including phenoxy) is 6. The second kappa shape index (κ2) is 20.0. The van der Waals surface area contributed by atoms with Gasteiger partial charge in [0.15, 0.2) is 0 Å². The smallest absolute Gasteiger partial charge is 0.348 e. The van der Waals surface area contributed by atoms with Crippen LogP contribution in [0.25, 0.3) is 0 Å². The molecule has 2 aliphatic rings. The van der Waals surface area contributed by atoms with Crippen LogP contribution in [-0.2, 0) is 66.9 Å². The molecule has 2 saturated heterocycles. The van der Waals surface area contributed by atoms with Crippen LogP contribution in [0.4, 0.5) is 0 Å². The van der Waals surface area contributed by atoms with Crippen LogP contribution in [0.2, 0.25) is 0 Å². The van der Waals surface area contributed by atoms with Gasteiger partial charge in [0.25, 0.3) is 12.2 Å². The van der Waals surface area contributed by atoms with E-state index in [-0.39, 0.29) is 24.1 Å². The van der Waals surface area contributed by atoms with Gasteiger partial charge in [0.05, 0.1) is 28.4 Å². The number of nitrogens with zero attached hydrogens (tertiary/aromatic N) is 2. The molecule has 0 saturated carbocycles. The van der Waals surface area contributed by atoms with Crippen LogP contribution in [0.15, 0.2) is 0 Å². The van der Waals surface area contributed by atoms with Crippen LogP contribution in [0.3, 0.4) is 0 Å². The summed E-state index contributed by atoms with van der Waals surface area (Å²) in [5.41, 5.74) is -2.77. The summed E-state index contributed by atoms with van der Waals surface area (Å²) in [6.07, 6.45) is 3.29. The van der Waals surface area contributed by atoms with E-state index in [1.165, 1.54) is 28.4 Å². The third kappa shape index (κ3) is 13.2. The fourth-order valence-electron chi connectivity index (χ4n) is 7.82. The monoisotopic (exact) mass is 772 g/mol. The Labute approximate surface area is 320 Å². The number of piperidine rings is 2. The van der Waals surface area contributed by atoms with Gasteiger partial charge in [-0.25, -0.2) is 19.2 Å². The summed E-state index contributed by atoms with van der Waals surface area (Å²) in [5, 5.41) is 3.20. The second-order valence-corrected chi connectivity index (χ2v) is 16.6. The molecular weight excluding hydrogens is 708 g/mol. The van der Waals surface area contributed by atoms with Crippen molar-refractivity contribution in [1.82, 2.24) is 10.1 Å². The van der Waals surface area contributed by atoms with E-state index >= 15 is 0 Å². The molecule has 0 N–H and O–H groups in total. The summed E-state index contributed by atoms with van der Waals surface area (Å²) in [6, 6.07) is 0. The first-order valence-electron chi connectivity index (χ1n) is 18.7. The van der Waals surface area contributed by atoms with Crippen molar-refractivity contribution in [2.24, 2.45) is 0 Å². The van der Waals surface area contributed by atoms with Gasteiger partial charge in [0.2, 0.25) is 0 Å². The number of hydrogen-bond acceptors (Lipinski definition) is 16. The minimum Gasteiger partial charge on any atom is -0.467 e. The molecule has 0 aromatic rings. The molecule has 310 valence electrons. The summed E-state index contributed by atoms with van der Waals surface area (Å²) in [7, 11) is 4.66. The van der Waals surface area contributed by atoms with E-state index in [4.69, 9.17) is 38.1 Å². The molecule has 0 aliphatic carbocycles. The number of hydrogen-bond donors (Lipinski definition) is 0. The normalized spacial score (nSPS) is 19.9. The van der Waals surface area contributed by atoms with Gasteiger partial charge in [-0.3, -0.25) is 19.3 Å². The molecule has 0 amide bonds. The number of esters is 6. The minimum atomic E-state index is -1.57. The molecule has 54 heavy (non-hydrogen) atoms. The number of unbranched alkanes of at least 4 members (excludes halogenated alkanes) is 5. The van der Waals surface area contributed by atoms with E-state index in [0.29, 0.717) is 51.4 Å². The Balaban J connectivity index is 1.72. The Morgan fingerprint density at radius 2 is 0.704 bits per heavy atom. The largest absolute Gasteiger partial charge is 0.467 e. The van der Waals surface area contributed by atoms with E-state index in [0.717, 1.165) is 25.7 Å². The van der Waals surface area contributed by atoms with Crippen LogP contribution < -0.4 is 0 Å². The number of carbonyl (C=O) groups is 6. The standard InChI is InChI=1S/C38H64N2O14/c1-35(2)21-25(22-36(3,4)39(35)53-29(31(43)47-9)32(44)48-10)51-27(41)19-17-15-13-14-16-18-20-28(42)52-26-23-37(5,6)40(38(7,8)24-26)54-30(33(45)49-11)34(46)50-12/h25-26,29-30H,13-24H2,1-12H3. The molecule has 16 heteroatoms. The molecule has 0 unspecified atom stereocenters. The Morgan fingerprint density at radius 3 is 0.944 bits per heavy atom. The summed E-state index contributed by atoms with van der Waals surface area (Å²) < 4.78 is 30.6. The Bertz CT molecular complexity index is 1150. The predicted molar refractivity (Wildman–Crippen MR) is 193 cm³/mol. The molecule has 0 atom stereocenters.